The molecule has 0 bridgehead atoms. The molecule has 2 aromatic rings. The third-order valence-electron chi connectivity index (χ3n) is 9.10. The zero-order chi connectivity index (χ0) is 39.8. The number of benzene rings is 2. The molecule has 0 aromatic heterocycles. The van der Waals surface area contributed by atoms with Crippen molar-refractivity contribution >= 4 is 12.6 Å². The van der Waals surface area contributed by atoms with Crippen LogP contribution in [0.5, 0.6) is 0 Å². The average Bonchev–Trinajstić information content (AvgIpc) is 3.95. The first kappa shape index (κ1) is 52.6. The maximum absolute atomic E-state index is 4.30. The number of hydrogen-bond donors (Lipinski definition) is 3. The fourth-order valence-corrected chi connectivity index (χ4v) is 5.75. The first-order valence-corrected chi connectivity index (χ1v) is 20.2. The van der Waals surface area contributed by atoms with E-state index in [2.05, 4.69) is 179 Å². The van der Waals surface area contributed by atoms with Gasteiger partial charge in [-0.05, 0) is 137 Å². The van der Waals surface area contributed by atoms with Gasteiger partial charge in [-0.3, -0.25) is 0 Å². The number of thiol groups is 1. The van der Waals surface area contributed by atoms with Crippen molar-refractivity contribution in [1.82, 2.24) is 10.6 Å². The summed E-state index contributed by atoms with van der Waals surface area (Å²) >= 11 is 4.30. The van der Waals surface area contributed by atoms with Gasteiger partial charge in [0, 0.05) is 12.3 Å². The second-order valence-electron chi connectivity index (χ2n) is 13.8. The Kier molecular flexibility index (Phi) is 35.4. The van der Waals surface area contributed by atoms with Gasteiger partial charge in [-0.2, -0.15) is 12.6 Å². The molecule has 0 saturated heterocycles. The molecule has 2 N–H and O–H groups in total. The summed E-state index contributed by atoms with van der Waals surface area (Å²) in [5.41, 5.74) is 8.26. The van der Waals surface area contributed by atoms with Gasteiger partial charge in [-0.25, -0.2) is 0 Å². The van der Waals surface area contributed by atoms with Crippen molar-refractivity contribution in [3.63, 3.8) is 0 Å². The Bertz CT molecular complexity index is 1160. The average molecular weight is 719 g/mol. The Labute approximate surface area is 324 Å². The molecule has 2 unspecified atom stereocenters. The maximum atomic E-state index is 4.30. The van der Waals surface area contributed by atoms with Gasteiger partial charge >= 0.3 is 0 Å². The van der Waals surface area contributed by atoms with Gasteiger partial charge in [-0.1, -0.05) is 133 Å². The van der Waals surface area contributed by atoms with Crippen molar-refractivity contribution in [3.8, 4) is 0 Å². The maximum Gasteiger partial charge on any atom is 0.0204 e. The van der Waals surface area contributed by atoms with E-state index >= 15 is 0 Å². The predicted molar refractivity (Wildman–Crippen MR) is 240 cm³/mol. The highest BCUT2D eigenvalue weighted by atomic mass is 32.1. The van der Waals surface area contributed by atoms with Gasteiger partial charge in [0.15, 0.2) is 0 Å². The van der Waals surface area contributed by atoms with Gasteiger partial charge in [0.25, 0.3) is 0 Å². The van der Waals surface area contributed by atoms with Gasteiger partial charge in [-0.15, -0.1) is 19.7 Å². The molecule has 0 radical (unpaired) electrons. The molecule has 3 rings (SSSR count). The summed E-state index contributed by atoms with van der Waals surface area (Å²) in [6.07, 6.45) is 14.5. The van der Waals surface area contributed by atoms with E-state index < -0.39 is 0 Å². The lowest BCUT2D eigenvalue weighted by atomic mass is 9.87. The zero-order valence-corrected chi connectivity index (χ0v) is 36.3. The van der Waals surface area contributed by atoms with Crippen molar-refractivity contribution in [3.05, 3.63) is 133 Å². The first-order chi connectivity index (χ1) is 24.4. The van der Waals surface area contributed by atoms with Crippen LogP contribution in [0.3, 0.4) is 0 Å². The SMILES string of the molecule is C/C=C/CC[C@H](C)C1CC1c1ccc(CS)cc1.C=C.C=CNC[C@@H](C)C(=C)C[C@H](C=C)CC(C)C.CC.CCNC.Cc1ccc(C)c(C)c1. The summed E-state index contributed by atoms with van der Waals surface area (Å²) in [6.45, 7) is 43.4. The number of aryl methyl sites for hydroxylation is 3. The van der Waals surface area contributed by atoms with E-state index in [-0.39, 0.29) is 0 Å². The zero-order valence-electron chi connectivity index (χ0n) is 35.5. The Hall–Kier alpha value is -2.75. The summed E-state index contributed by atoms with van der Waals surface area (Å²) in [4.78, 5) is 0. The lowest BCUT2D eigenvalue weighted by Crippen LogP contribution is -2.18. The second-order valence-corrected chi connectivity index (χ2v) is 14.1. The molecule has 290 valence electrons. The first-order valence-electron chi connectivity index (χ1n) is 19.5. The molecule has 0 amide bonds. The van der Waals surface area contributed by atoms with Crippen LogP contribution < -0.4 is 10.6 Å². The van der Waals surface area contributed by atoms with Crippen molar-refractivity contribution in [2.75, 3.05) is 20.1 Å². The van der Waals surface area contributed by atoms with Crippen molar-refractivity contribution < 1.29 is 0 Å². The molecular weight excluding hydrogens is 637 g/mol. The summed E-state index contributed by atoms with van der Waals surface area (Å²) in [5, 5.41) is 6.07. The third-order valence-corrected chi connectivity index (χ3v) is 9.46. The summed E-state index contributed by atoms with van der Waals surface area (Å²) < 4.78 is 0. The monoisotopic (exact) mass is 719 g/mol. The van der Waals surface area contributed by atoms with E-state index in [9.17, 15) is 0 Å². The molecule has 2 nitrogen and oxygen atoms in total. The van der Waals surface area contributed by atoms with Gasteiger partial charge in [0.05, 0.1) is 0 Å². The minimum atomic E-state index is 0.493. The number of allylic oxidation sites excluding steroid dienone is 3. The number of nitrogens with one attached hydrogen (secondary N) is 2. The summed E-state index contributed by atoms with van der Waals surface area (Å²) in [5.74, 6) is 5.21. The largest absolute Gasteiger partial charge is 0.391 e. The fraction of sp³-hybridized carbons (Fsp3) is 0.542. The minimum absolute atomic E-state index is 0.493. The van der Waals surface area contributed by atoms with E-state index in [0.29, 0.717) is 11.8 Å². The van der Waals surface area contributed by atoms with Gasteiger partial charge in [0.1, 0.15) is 0 Å². The molecule has 1 fully saturated rings. The third kappa shape index (κ3) is 26.7. The summed E-state index contributed by atoms with van der Waals surface area (Å²) in [7, 11) is 1.93. The lowest BCUT2D eigenvalue weighted by molar-refractivity contribution is 0.456. The lowest BCUT2D eigenvalue weighted by Gasteiger charge is -2.20. The van der Waals surface area contributed by atoms with Gasteiger partial charge < -0.3 is 10.6 Å². The Balaban J connectivity index is -0.000000635. The minimum Gasteiger partial charge on any atom is -0.391 e. The topological polar surface area (TPSA) is 24.1 Å². The fourth-order valence-electron chi connectivity index (χ4n) is 5.54. The van der Waals surface area contributed by atoms with Crippen molar-refractivity contribution in [1.29, 1.82) is 0 Å². The molecule has 0 spiro atoms. The van der Waals surface area contributed by atoms with E-state index in [0.717, 1.165) is 48.9 Å². The van der Waals surface area contributed by atoms with E-state index in [4.69, 9.17) is 0 Å². The van der Waals surface area contributed by atoms with Crippen LogP contribution in [0.2, 0.25) is 0 Å². The molecule has 1 aliphatic carbocycles. The predicted octanol–water partition coefficient (Wildman–Crippen LogP) is 14.0. The van der Waals surface area contributed by atoms with E-state index in [1.807, 2.05) is 20.9 Å². The smallest absolute Gasteiger partial charge is 0.0204 e. The molecule has 2 aromatic carbocycles. The van der Waals surface area contributed by atoms with Crippen LogP contribution in [-0.2, 0) is 5.75 Å². The number of rotatable bonds is 16. The second kappa shape index (κ2) is 34.3. The standard InChI is InChI=1S/C17H24S.C15H27N.C9H12.C3H9N.C2H6.C2H4/c1-3-4-5-6-13(2)16-11-17(16)15-9-7-14(12-18)8-10-15;1-7-15(9-12(3)4)10-13(5)14(6)11-16-8-2;1-7-4-5-8(2)9(3)6-7;1-3-4-2;2*1-2/h3-4,7-10,13,16-18H,5-6,11-12H2,1-2H3;7-8,12,14-16H,1-2,5,9-11H2,3-4,6H3;4-6H,1-3H3;4H,3H2,1-2H3;1-2H3;1-2H2/b4-3+;;;;;/t13-,16?,17?;14-,15-;;;;/m01..../s1. The number of hydrogen-bond acceptors (Lipinski definition) is 3. The Morgan fingerprint density at radius 3 is 1.98 bits per heavy atom. The van der Waals surface area contributed by atoms with Crippen molar-refractivity contribution in [2.45, 2.75) is 120 Å². The van der Waals surface area contributed by atoms with Crippen molar-refractivity contribution in [2.24, 2.45) is 29.6 Å². The molecule has 0 heterocycles. The summed E-state index contributed by atoms with van der Waals surface area (Å²) in [6, 6.07) is 15.6. The molecule has 0 aliphatic heterocycles. The quantitative estimate of drug-likeness (QED) is 0.119. The van der Waals surface area contributed by atoms with Crippen LogP contribution in [0.15, 0.2) is 105 Å². The van der Waals surface area contributed by atoms with E-state index in [1.54, 1.807) is 6.20 Å². The van der Waals surface area contributed by atoms with Crippen LogP contribution >= 0.6 is 12.6 Å². The van der Waals surface area contributed by atoms with Crippen LogP contribution in [0.4, 0.5) is 0 Å². The molecule has 3 heteroatoms. The van der Waals surface area contributed by atoms with Crippen LogP contribution in [-0.4, -0.2) is 20.1 Å². The van der Waals surface area contributed by atoms with Crippen LogP contribution in [0, 0.1) is 50.4 Å². The van der Waals surface area contributed by atoms with Gasteiger partial charge in [0.2, 0.25) is 0 Å². The molecule has 1 aliphatic rings. The van der Waals surface area contributed by atoms with E-state index in [1.165, 1.54) is 59.1 Å². The normalized spacial score (nSPS) is 15.6. The molecular formula is C48H82N2S. The highest BCUT2D eigenvalue weighted by molar-refractivity contribution is 7.79. The van der Waals surface area contributed by atoms with Crippen LogP contribution in [0.25, 0.3) is 0 Å². The molecule has 51 heavy (non-hydrogen) atoms. The highest BCUT2D eigenvalue weighted by Crippen LogP contribution is 2.52. The highest BCUT2D eigenvalue weighted by Gasteiger charge is 2.41. The molecule has 1 saturated carbocycles. The molecule has 5 atom stereocenters. The Morgan fingerprint density at radius 2 is 1.55 bits per heavy atom. The van der Waals surface area contributed by atoms with Crippen LogP contribution in [0.1, 0.15) is 121 Å². The Morgan fingerprint density at radius 1 is 0.961 bits per heavy atom.